The molecular weight excluding hydrogens is 376 g/mol. The first-order chi connectivity index (χ1) is 13.7. The number of halogens is 2. The molecule has 0 aliphatic carbocycles. The summed E-state index contributed by atoms with van der Waals surface area (Å²) in [6, 6.07) is 8.83. The van der Waals surface area contributed by atoms with E-state index in [4.69, 9.17) is 4.42 Å². The molecule has 0 N–H and O–H groups in total. The van der Waals surface area contributed by atoms with Crippen molar-refractivity contribution in [1.29, 1.82) is 0 Å². The number of carbonyl (C=O) groups is 1. The Hall–Kier alpha value is -3.02. The zero-order valence-corrected chi connectivity index (χ0v) is 16.9. The van der Waals surface area contributed by atoms with Crippen molar-refractivity contribution in [1.82, 2.24) is 4.90 Å². The van der Waals surface area contributed by atoms with Gasteiger partial charge in [0.05, 0.1) is 6.04 Å². The summed E-state index contributed by atoms with van der Waals surface area (Å²) in [5.74, 6) is -2.08. The summed E-state index contributed by atoms with van der Waals surface area (Å²) < 4.78 is 32.1. The molecule has 0 radical (unpaired) electrons. The van der Waals surface area contributed by atoms with Gasteiger partial charge < -0.3 is 9.32 Å². The largest absolute Gasteiger partial charge is 0.423 e. The summed E-state index contributed by atoms with van der Waals surface area (Å²) in [6.07, 6.45) is 0.346. The normalized spacial score (nSPS) is 12.2. The van der Waals surface area contributed by atoms with Gasteiger partial charge in [0, 0.05) is 24.4 Å². The first-order valence-corrected chi connectivity index (χ1v) is 9.42. The monoisotopic (exact) mass is 399 g/mol. The molecule has 0 saturated heterocycles. The lowest BCUT2D eigenvalue weighted by Crippen LogP contribution is -2.30. The maximum Gasteiger partial charge on any atom is 0.339 e. The summed E-state index contributed by atoms with van der Waals surface area (Å²) in [7, 11) is 1.60. The van der Waals surface area contributed by atoms with Crippen LogP contribution >= 0.6 is 0 Å². The zero-order chi connectivity index (χ0) is 21.3. The highest BCUT2D eigenvalue weighted by Crippen LogP contribution is 2.24. The molecule has 1 atom stereocenters. The molecule has 2 aromatic carbocycles. The molecule has 0 saturated carbocycles. The average molecular weight is 399 g/mol. The third kappa shape index (κ3) is 4.21. The fourth-order valence-electron chi connectivity index (χ4n) is 3.41. The summed E-state index contributed by atoms with van der Waals surface area (Å²) >= 11 is 0. The van der Waals surface area contributed by atoms with E-state index in [0.717, 1.165) is 28.6 Å². The van der Waals surface area contributed by atoms with Crippen molar-refractivity contribution in [2.24, 2.45) is 0 Å². The van der Waals surface area contributed by atoms with Crippen LogP contribution in [0.5, 0.6) is 0 Å². The molecule has 29 heavy (non-hydrogen) atoms. The molecule has 0 spiro atoms. The van der Waals surface area contributed by atoms with Gasteiger partial charge in [-0.3, -0.25) is 4.79 Å². The van der Waals surface area contributed by atoms with Crippen LogP contribution in [0.1, 0.15) is 41.6 Å². The predicted octanol–water partition coefficient (Wildman–Crippen LogP) is 4.84. The van der Waals surface area contributed by atoms with Crippen molar-refractivity contribution in [3.8, 4) is 0 Å². The lowest BCUT2D eigenvalue weighted by Gasteiger charge is -2.25. The molecule has 0 bridgehead atoms. The Kier molecular flexibility index (Phi) is 5.82. The predicted molar refractivity (Wildman–Crippen MR) is 108 cm³/mol. The molecule has 0 aliphatic rings. The first-order valence-electron chi connectivity index (χ1n) is 9.42. The van der Waals surface area contributed by atoms with Crippen LogP contribution in [0.25, 0.3) is 11.0 Å². The molecule has 1 amide bonds. The van der Waals surface area contributed by atoms with E-state index in [0.29, 0.717) is 16.7 Å². The number of amides is 1. The number of hydrogen-bond donors (Lipinski definition) is 0. The van der Waals surface area contributed by atoms with E-state index in [1.807, 2.05) is 32.0 Å². The van der Waals surface area contributed by atoms with Crippen molar-refractivity contribution in [3.05, 3.63) is 80.7 Å². The van der Waals surface area contributed by atoms with E-state index in [9.17, 15) is 18.4 Å². The van der Waals surface area contributed by atoms with Crippen molar-refractivity contribution in [3.63, 3.8) is 0 Å². The van der Waals surface area contributed by atoms with Crippen molar-refractivity contribution in [2.75, 3.05) is 7.05 Å². The minimum atomic E-state index is -0.949. The van der Waals surface area contributed by atoms with Crippen LogP contribution in [0, 0.1) is 25.5 Å². The number of fused-ring (bicyclic) bond motifs is 1. The van der Waals surface area contributed by atoms with Gasteiger partial charge in [0.1, 0.15) is 5.58 Å². The van der Waals surface area contributed by atoms with Crippen molar-refractivity contribution < 1.29 is 18.0 Å². The Balaban J connectivity index is 1.77. The highest BCUT2D eigenvalue weighted by Gasteiger charge is 2.20. The number of hydrogen-bond acceptors (Lipinski definition) is 3. The van der Waals surface area contributed by atoms with E-state index in [2.05, 4.69) is 0 Å². The first kappa shape index (κ1) is 20.7. The van der Waals surface area contributed by atoms with E-state index in [1.165, 1.54) is 11.0 Å². The van der Waals surface area contributed by atoms with Gasteiger partial charge in [-0.15, -0.1) is 0 Å². The number of benzene rings is 2. The van der Waals surface area contributed by atoms with Crippen LogP contribution in [-0.4, -0.2) is 17.9 Å². The minimum absolute atomic E-state index is 0.105. The van der Waals surface area contributed by atoms with Crippen LogP contribution in [0.3, 0.4) is 0 Å². The van der Waals surface area contributed by atoms with Crippen LogP contribution < -0.4 is 5.63 Å². The molecule has 152 valence electrons. The van der Waals surface area contributed by atoms with E-state index in [-0.39, 0.29) is 18.7 Å². The van der Waals surface area contributed by atoms with Crippen LogP contribution in [0.4, 0.5) is 8.78 Å². The summed E-state index contributed by atoms with van der Waals surface area (Å²) in [6.45, 7) is 5.51. The third-order valence-corrected chi connectivity index (χ3v) is 5.43. The van der Waals surface area contributed by atoms with Crippen molar-refractivity contribution in [2.45, 2.75) is 39.7 Å². The summed E-state index contributed by atoms with van der Waals surface area (Å²) in [5.41, 5.74) is 2.87. The third-order valence-electron chi connectivity index (χ3n) is 5.43. The zero-order valence-electron chi connectivity index (χ0n) is 16.9. The molecule has 6 heteroatoms. The van der Waals surface area contributed by atoms with Crippen LogP contribution in [0.2, 0.25) is 0 Å². The lowest BCUT2D eigenvalue weighted by atomic mass is 10.0. The van der Waals surface area contributed by atoms with Gasteiger partial charge in [-0.25, -0.2) is 13.6 Å². The Morgan fingerprint density at radius 1 is 1.10 bits per heavy atom. The Morgan fingerprint density at radius 3 is 2.52 bits per heavy atom. The molecule has 0 unspecified atom stereocenters. The van der Waals surface area contributed by atoms with Gasteiger partial charge in [-0.1, -0.05) is 18.2 Å². The van der Waals surface area contributed by atoms with Crippen LogP contribution in [0.15, 0.2) is 45.6 Å². The second-order valence-corrected chi connectivity index (χ2v) is 7.35. The Morgan fingerprint density at radius 2 is 1.83 bits per heavy atom. The molecular formula is C23H23F2NO3. The fraction of sp³-hybridized carbons (Fsp3) is 0.304. The highest BCUT2D eigenvalue weighted by atomic mass is 19.2. The smallest absolute Gasteiger partial charge is 0.339 e. The van der Waals surface area contributed by atoms with E-state index < -0.39 is 23.3 Å². The number of carbonyl (C=O) groups excluding carboxylic acids is 1. The second-order valence-electron chi connectivity index (χ2n) is 7.35. The SMILES string of the molecule is Cc1ccc2c(C)c(CCC(=O)N(C)[C@H](C)c3ccc(F)c(F)c3)c(=O)oc2c1. The van der Waals surface area contributed by atoms with Crippen LogP contribution in [-0.2, 0) is 11.2 Å². The standard InChI is InChI=1S/C23H23F2NO3/c1-13-5-7-17-14(2)18(23(28)29-21(17)11-13)8-10-22(27)26(4)15(3)16-6-9-19(24)20(25)12-16/h5-7,9,11-12,15H,8,10H2,1-4H3/t15-/m1/s1. The second kappa shape index (κ2) is 8.15. The van der Waals surface area contributed by atoms with Gasteiger partial charge in [-0.05, 0) is 62.1 Å². The van der Waals surface area contributed by atoms with Crippen molar-refractivity contribution >= 4 is 16.9 Å². The number of nitrogens with zero attached hydrogens (tertiary/aromatic N) is 1. The molecule has 0 fully saturated rings. The summed E-state index contributed by atoms with van der Waals surface area (Å²) in [4.78, 5) is 26.5. The van der Waals surface area contributed by atoms with Gasteiger partial charge in [0.2, 0.25) is 5.91 Å². The molecule has 4 nitrogen and oxygen atoms in total. The quantitative estimate of drug-likeness (QED) is 0.577. The minimum Gasteiger partial charge on any atom is -0.423 e. The van der Waals surface area contributed by atoms with Gasteiger partial charge in [0.25, 0.3) is 0 Å². The molecule has 3 aromatic rings. The van der Waals surface area contributed by atoms with E-state index in [1.54, 1.807) is 14.0 Å². The van der Waals surface area contributed by atoms with Gasteiger partial charge in [0.15, 0.2) is 11.6 Å². The van der Waals surface area contributed by atoms with E-state index >= 15 is 0 Å². The Bertz CT molecular complexity index is 1140. The van der Waals surface area contributed by atoms with Gasteiger partial charge in [-0.2, -0.15) is 0 Å². The lowest BCUT2D eigenvalue weighted by molar-refractivity contribution is -0.131. The maximum atomic E-state index is 13.5. The highest BCUT2D eigenvalue weighted by molar-refractivity contribution is 5.82. The molecule has 0 aliphatic heterocycles. The topological polar surface area (TPSA) is 50.5 Å². The molecule has 3 rings (SSSR count). The number of aryl methyl sites for hydroxylation is 2. The Labute approximate surface area is 167 Å². The number of rotatable bonds is 5. The molecule has 1 aromatic heterocycles. The van der Waals surface area contributed by atoms with Gasteiger partial charge >= 0.3 is 5.63 Å². The fourth-order valence-corrected chi connectivity index (χ4v) is 3.41. The summed E-state index contributed by atoms with van der Waals surface area (Å²) in [5, 5.41) is 0.848. The molecule has 1 heterocycles. The maximum absolute atomic E-state index is 13.5. The average Bonchev–Trinajstić information content (AvgIpc) is 2.68.